The van der Waals surface area contributed by atoms with E-state index in [1.807, 2.05) is 11.4 Å². The summed E-state index contributed by atoms with van der Waals surface area (Å²) in [4.78, 5) is 17.3. The topological polar surface area (TPSA) is 68.5 Å². The van der Waals surface area contributed by atoms with Gasteiger partial charge in [0.25, 0.3) is 0 Å². The Bertz CT molecular complexity index is 628. The first-order chi connectivity index (χ1) is 9.69. The molecule has 20 heavy (non-hydrogen) atoms. The van der Waals surface area contributed by atoms with Crippen molar-refractivity contribution >= 4 is 22.2 Å². The van der Waals surface area contributed by atoms with Crippen LogP contribution >= 0.6 is 11.3 Å². The number of ether oxygens (including phenoxy) is 1. The normalized spacial score (nSPS) is 18.8. The van der Waals surface area contributed by atoms with E-state index in [-0.39, 0.29) is 12.0 Å². The van der Waals surface area contributed by atoms with Gasteiger partial charge in [-0.3, -0.25) is 4.79 Å². The Morgan fingerprint density at radius 2 is 2.45 bits per heavy atom. The molecule has 3 heterocycles. The molecule has 0 unspecified atom stereocenters. The average molecular weight is 294 g/mol. The van der Waals surface area contributed by atoms with Gasteiger partial charge in [-0.1, -0.05) is 18.3 Å². The van der Waals surface area contributed by atoms with Crippen LogP contribution in [0.1, 0.15) is 36.2 Å². The summed E-state index contributed by atoms with van der Waals surface area (Å²) in [7, 11) is 0. The number of nitrogens with one attached hydrogen (secondary N) is 1. The Balaban J connectivity index is 1.74. The Morgan fingerprint density at radius 3 is 3.15 bits per heavy atom. The lowest BCUT2D eigenvalue weighted by atomic mass is 10.2. The summed E-state index contributed by atoms with van der Waals surface area (Å²) in [6, 6.07) is 0. The largest absolute Gasteiger partial charge is 0.368 e. The van der Waals surface area contributed by atoms with Crippen LogP contribution in [-0.2, 0) is 22.5 Å². The highest BCUT2D eigenvalue weighted by Crippen LogP contribution is 2.19. The molecule has 0 saturated carbocycles. The van der Waals surface area contributed by atoms with Crippen molar-refractivity contribution in [3.05, 3.63) is 16.4 Å². The summed E-state index contributed by atoms with van der Waals surface area (Å²) in [5.41, 5.74) is 1.86. The number of hydrogen-bond donors (Lipinski definition) is 1. The van der Waals surface area contributed by atoms with Crippen molar-refractivity contribution in [2.45, 2.75) is 45.8 Å². The van der Waals surface area contributed by atoms with Crippen LogP contribution in [0.4, 0.5) is 0 Å². The molecule has 0 radical (unpaired) electrons. The molecule has 0 bridgehead atoms. The highest BCUT2D eigenvalue weighted by atomic mass is 32.1. The van der Waals surface area contributed by atoms with Crippen LogP contribution in [0.5, 0.6) is 0 Å². The van der Waals surface area contributed by atoms with E-state index in [0.29, 0.717) is 13.2 Å². The molecule has 1 aliphatic heterocycles. The molecule has 108 valence electrons. The zero-order valence-corrected chi connectivity index (χ0v) is 12.5. The summed E-state index contributed by atoms with van der Waals surface area (Å²) in [6.45, 7) is 5.14. The first-order valence-electron chi connectivity index (χ1n) is 6.92. The number of carbonyl (C=O) groups excluding carboxylic acids is 1. The molecule has 1 fully saturated rings. The summed E-state index contributed by atoms with van der Waals surface area (Å²) < 4.78 is 7.22. The number of rotatable bonds is 4. The molecule has 0 aromatic carbocycles. The summed E-state index contributed by atoms with van der Waals surface area (Å²) in [6.07, 6.45) is 2.37. The third-order valence-electron chi connectivity index (χ3n) is 3.49. The van der Waals surface area contributed by atoms with Crippen molar-refractivity contribution in [2.24, 2.45) is 0 Å². The third-order valence-corrected chi connectivity index (χ3v) is 4.55. The molecular weight excluding hydrogens is 276 g/mol. The van der Waals surface area contributed by atoms with E-state index in [0.717, 1.165) is 40.6 Å². The minimum atomic E-state index is -0.291. The number of amides is 1. The molecule has 2 aromatic heterocycles. The third kappa shape index (κ3) is 2.43. The fraction of sp³-hybridized carbons (Fsp3) is 0.615. The number of hydrogen-bond acceptors (Lipinski definition) is 5. The summed E-state index contributed by atoms with van der Waals surface area (Å²) >= 11 is 1.60. The van der Waals surface area contributed by atoms with Gasteiger partial charge in [0.15, 0.2) is 0 Å². The Kier molecular flexibility index (Phi) is 3.71. The minimum absolute atomic E-state index is 0.0391. The number of aryl methyl sites for hydroxylation is 2. The van der Waals surface area contributed by atoms with Gasteiger partial charge in [0, 0.05) is 6.61 Å². The van der Waals surface area contributed by atoms with Crippen LogP contribution in [-0.4, -0.2) is 33.2 Å². The van der Waals surface area contributed by atoms with Gasteiger partial charge in [-0.15, -0.1) is 0 Å². The first kappa shape index (κ1) is 13.5. The Morgan fingerprint density at radius 1 is 1.60 bits per heavy atom. The van der Waals surface area contributed by atoms with E-state index in [9.17, 15) is 4.79 Å². The van der Waals surface area contributed by atoms with Gasteiger partial charge in [0.1, 0.15) is 11.1 Å². The predicted octanol–water partition coefficient (Wildman–Crippen LogP) is 1.46. The van der Waals surface area contributed by atoms with Crippen molar-refractivity contribution in [1.29, 1.82) is 0 Å². The van der Waals surface area contributed by atoms with E-state index in [1.54, 1.807) is 11.3 Å². The zero-order valence-electron chi connectivity index (χ0n) is 11.7. The molecule has 1 amide bonds. The molecule has 1 N–H and O–H groups in total. The SMILES string of the molecule is CCc1nn2c(CNC(=O)[C@H]3CCCO3)c(C)nc2s1. The molecule has 3 rings (SSSR count). The lowest BCUT2D eigenvalue weighted by Crippen LogP contribution is -2.34. The van der Waals surface area contributed by atoms with Gasteiger partial charge in [-0.05, 0) is 26.2 Å². The molecule has 6 nitrogen and oxygen atoms in total. The van der Waals surface area contributed by atoms with Crippen LogP contribution in [0.2, 0.25) is 0 Å². The average Bonchev–Trinajstić information content (AvgIpc) is 3.12. The minimum Gasteiger partial charge on any atom is -0.368 e. The van der Waals surface area contributed by atoms with E-state index < -0.39 is 0 Å². The van der Waals surface area contributed by atoms with Crippen molar-refractivity contribution in [1.82, 2.24) is 19.9 Å². The molecule has 1 saturated heterocycles. The van der Waals surface area contributed by atoms with Gasteiger partial charge in [0.05, 0.1) is 17.9 Å². The summed E-state index contributed by atoms with van der Waals surface area (Å²) in [5.74, 6) is -0.0391. The van der Waals surface area contributed by atoms with Crippen LogP contribution in [0.3, 0.4) is 0 Å². The van der Waals surface area contributed by atoms with Gasteiger partial charge in [0.2, 0.25) is 10.9 Å². The Labute approximate surface area is 121 Å². The maximum atomic E-state index is 12.0. The number of carbonyl (C=O) groups is 1. The van der Waals surface area contributed by atoms with Gasteiger partial charge < -0.3 is 10.1 Å². The monoisotopic (exact) mass is 294 g/mol. The molecule has 1 atom stereocenters. The zero-order chi connectivity index (χ0) is 14.1. The Hall–Kier alpha value is -1.47. The molecule has 7 heteroatoms. The molecular formula is C13H18N4O2S. The lowest BCUT2D eigenvalue weighted by molar-refractivity contribution is -0.130. The van der Waals surface area contributed by atoms with Crippen LogP contribution in [0.15, 0.2) is 0 Å². The second kappa shape index (κ2) is 5.49. The van der Waals surface area contributed by atoms with Gasteiger partial charge in [-0.25, -0.2) is 9.50 Å². The van der Waals surface area contributed by atoms with Crippen LogP contribution in [0, 0.1) is 6.92 Å². The molecule has 2 aromatic rings. The maximum absolute atomic E-state index is 12.0. The maximum Gasteiger partial charge on any atom is 0.249 e. The number of fused-ring (bicyclic) bond motifs is 1. The molecule has 1 aliphatic rings. The molecule has 0 aliphatic carbocycles. The smallest absolute Gasteiger partial charge is 0.249 e. The van der Waals surface area contributed by atoms with Crippen LogP contribution < -0.4 is 5.32 Å². The second-order valence-corrected chi connectivity index (χ2v) is 5.95. The highest BCUT2D eigenvalue weighted by Gasteiger charge is 2.24. The predicted molar refractivity (Wildman–Crippen MR) is 75.8 cm³/mol. The van der Waals surface area contributed by atoms with Crippen molar-refractivity contribution < 1.29 is 9.53 Å². The van der Waals surface area contributed by atoms with E-state index in [2.05, 4.69) is 22.3 Å². The fourth-order valence-corrected chi connectivity index (χ4v) is 3.24. The highest BCUT2D eigenvalue weighted by molar-refractivity contribution is 7.16. The molecule has 0 spiro atoms. The van der Waals surface area contributed by atoms with Gasteiger partial charge in [-0.2, -0.15) is 5.10 Å². The number of aromatic nitrogens is 3. The first-order valence-corrected chi connectivity index (χ1v) is 7.74. The van der Waals surface area contributed by atoms with E-state index >= 15 is 0 Å². The number of imidazole rings is 1. The van der Waals surface area contributed by atoms with E-state index in [1.165, 1.54) is 0 Å². The summed E-state index contributed by atoms with van der Waals surface area (Å²) in [5, 5.41) is 8.50. The van der Waals surface area contributed by atoms with E-state index in [4.69, 9.17) is 4.74 Å². The second-order valence-electron chi connectivity index (χ2n) is 4.91. The standard InChI is InChI=1S/C13H18N4O2S/c1-3-11-16-17-9(8(2)15-13(17)20-11)7-14-12(18)10-5-4-6-19-10/h10H,3-7H2,1-2H3,(H,14,18)/t10-/m1/s1. The number of nitrogens with zero attached hydrogens (tertiary/aromatic N) is 3. The van der Waals surface area contributed by atoms with Crippen molar-refractivity contribution in [2.75, 3.05) is 6.61 Å². The van der Waals surface area contributed by atoms with Crippen LogP contribution in [0.25, 0.3) is 4.96 Å². The lowest BCUT2D eigenvalue weighted by Gasteiger charge is -2.10. The quantitative estimate of drug-likeness (QED) is 0.927. The van der Waals surface area contributed by atoms with Gasteiger partial charge >= 0.3 is 0 Å². The van der Waals surface area contributed by atoms with Crippen molar-refractivity contribution in [3.63, 3.8) is 0 Å². The van der Waals surface area contributed by atoms with Crippen molar-refractivity contribution in [3.8, 4) is 0 Å². The fourth-order valence-electron chi connectivity index (χ4n) is 2.35.